The van der Waals surface area contributed by atoms with Crippen LogP contribution < -0.4 is 10.1 Å². The van der Waals surface area contributed by atoms with Gasteiger partial charge in [-0.2, -0.15) is 5.26 Å². The van der Waals surface area contributed by atoms with Crippen molar-refractivity contribution in [3.63, 3.8) is 0 Å². The van der Waals surface area contributed by atoms with Gasteiger partial charge in [-0.05, 0) is 24.6 Å². The van der Waals surface area contributed by atoms with Crippen LogP contribution in [0.25, 0.3) is 0 Å². The summed E-state index contributed by atoms with van der Waals surface area (Å²) in [7, 11) is 1.62. The van der Waals surface area contributed by atoms with Crippen molar-refractivity contribution in [2.24, 2.45) is 0 Å². The Morgan fingerprint density at radius 3 is 2.95 bits per heavy atom. The second kappa shape index (κ2) is 8.54. The van der Waals surface area contributed by atoms with Crippen LogP contribution in [0, 0.1) is 11.3 Å². The van der Waals surface area contributed by atoms with Crippen LogP contribution in [0.15, 0.2) is 24.3 Å². The second-order valence-corrected chi connectivity index (χ2v) is 4.94. The molecule has 5 heteroatoms. The minimum Gasteiger partial charge on any atom is -0.479 e. The molecule has 0 saturated carbocycles. The number of methoxy groups -OCH3 is 1. The van der Waals surface area contributed by atoms with E-state index in [2.05, 4.69) is 5.32 Å². The summed E-state index contributed by atoms with van der Waals surface area (Å²) >= 11 is 0. The molecule has 1 aromatic carbocycles. The molecule has 1 unspecified atom stereocenters. The summed E-state index contributed by atoms with van der Waals surface area (Å²) in [5, 5.41) is 21.8. The number of nitrogens with one attached hydrogen (secondary N) is 1. The first kappa shape index (κ1) is 16.4. The molecule has 1 aromatic rings. The van der Waals surface area contributed by atoms with Crippen molar-refractivity contribution in [1.29, 1.82) is 5.26 Å². The molecular formula is C15H22N2O3. The van der Waals surface area contributed by atoms with Crippen LogP contribution in [-0.4, -0.2) is 37.6 Å². The maximum atomic E-state index is 10.1. The molecule has 110 valence electrons. The van der Waals surface area contributed by atoms with E-state index in [0.29, 0.717) is 31.9 Å². The zero-order valence-corrected chi connectivity index (χ0v) is 12.1. The van der Waals surface area contributed by atoms with E-state index >= 15 is 0 Å². The van der Waals surface area contributed by atoms with E-state index in [9.17, 15) is 5.11 Å². The molecule has 0 aliphatic heterocycles. The molecule has 20 heavy (non-hydrogen) atoms. The molecule has 1 atom stereocenters. The zero-order valence-electron chi connectivity index (χ0n) is 12.1. The third-order valence-electron chi connectivity index (χ3n) is 2.88. The minimum atomic E-state index is -0.787. The van der Waals surface area contributed by atoms with Crippen molar-refractivity contribution >= 4 is 0 Å². The monoisotopic (exact) mass is 278 g/mol. The third-order valence-corrected chi connectivity index (χ3v) is 2.88. The summed E-state index contributed by atoms with van der Waals surface area (Å²) in [6.45, 7) is 3.48. The van der Waals surface area contributed by atoms with Crippen LogP contribution in [0.2, 0.25) is 0 Å². The number of aliphatic hydroxyl groups is 1. The van der Waals surface area contributed by atoms with Gasteiger partial charge in [0.2, 0.25) is 0 Å². The van der Waals surface area contributed by atoms with Crippen LogP contribution in [0.4, 0.5) is 0 Å². The Hall–Kier alpha value is -1.61. The summed E-state index contributed by atoms with van der Waals surface area (Å²) < 4.78 is 10.2. The predicted octanol–water partition coefficient (Wildman–Crippen LogP) is 1.47. The lowest BCUT2D eigenvalue weighted by Crippen LogP contribution is -2.38. The van der Waals surface area contributed by atoms with E-state index in [1.807, 2.05) is 30.3 Å². The van der Waals surface area contributed by atoms with Gasteiger partial charge in [0.15, 0.2) is 6.61 Å². The smallest absolute Gasteiger partial charge is 0.174 e. The normalized spacial score (nSPS) is 13.5. The number of nitrogens with zero attached hydrogens (tertiary/aromatic N) is 1. The van der Waals surface area contributed by atoms with E-state index in [4.69, 9.17) is 14.7 Å². The average molecular weight is 278 g/mol. The minimum absolute atomic E-state index is 0.0443. The van der Waals surface area contributed by atoms with E-state index < -0.39 is 5.60 Å². The molecule has 5 nitrogen and oxygen atoms in total. The SMILES string of the molecule is COCCC(C)(O)CNCc1cccc(OCC#N)c1. The van der Waals surface area contributed by atoms with Gasteiger partial charge in [-0.3, -0.25) is 0 Å². The van der Waals surface area contributed by atoms with Gasteiger partial charge >= 0.3 is 0 Å². The first-order chi connectivity index (χ1) is 9.57. The first-order valence-corrected chi connectivity index (χ1v) is 6.58. The van der Waals surface area contributed by atoms with Crippen LogP contribution in [-0.2, 0) is 11.3 Å². The van der Waals surface area contributed by atoms with Crippen LogP contribution >= 0.6 is 0 Å². The standard InChI is InChI=1S/C15H22N2O3/c1-15(18,6-8-19-2)12-17-11-13-4-3-5-14(10-13)20-9-7-16/h3-5,10,17-18H,6,8-9,11-12H2,1-2H3. The van der Waals surface area contributed by atoms with Crippen LogP contribution in [0.3, 0.4) is 0 Å². The Balaban J connectivity index is 2.40. The van der Waals surface area contributed by atoms with Crippen molar-refractivity contribution in [1.82, 2.24) is 5.32 Å². The molecule has 0 amide bonds. The van der Waals surface area contributed by atoms with Gasteiger partial charge in [-0.15, -0.1) is 0 Å². The highest BCUT2D eigenvalue weighted by Crippen LogP contribution is 2.13. The molecule has 1 rings (SSSR count). The molecule has 0 heterocycles. The summed E-state index contributed by atoms with van der Waals surface area (Å²) in [5.41, 5.74) is 0.258. The maximum absolute atomic E-state index is 10.1. The van der Waals surface area contributed by atoms with Gasteiger partial charge in [0.25, 0.3) is 0 Å². The van der Waals surface area contributed by atoms with Gasteiger partial charge in [-0.1, -0.05) is 12.1 Å². The fourth-order valence-electron chi connectivity index (χ4n) is 1.75. The third kappa shape index (κ3) is 6.53. The summed E-state index contributed by atoms with van der Waals surface area (Å²) in [4.78, 5) is 0. The van der Waals surface area contributed by atoms with Crippen LogP contribution in [0.5, 0.6) is 5.75 Å². The van der Waals surface area contributed by atoms with Crippen LogP contribution in [0.1, 0.15) is 18.9 Å². The van der Waals surface area contributed by atoms with Gasteiger partial charge < -0.3 is 19.9 Å². The number of hydrogen-bond donors (Lipinski definition) is 2. The topological polar surface area (TPSA) is 74.5 Å². The second-order valence-electron chi connectivity index (χ2n) is 4.94. The lowest BCUT2D eigenvalue weighted by atomic mass is 10.0. The van der Waals surface area contributed by atoms with E-state index in [1.165, 1.54) is 0 Å². The Morgan fingerprint density at radius 2 is 2.25 bits per heavy atom. The molecule has 0 radical (unpaired) electrons. The zero-order chi connectivity index (χ0) is 14.8. The number of hydrogen-bond acceptors (Lipinski definition) is 5. The molecule has 0 fully saturated rings. The largest absolute Gasteiger partial charge is 0.479 e. The number of benzene rings is 1. The first-order valence-electron chi connectivity index (χ1n) is 6.58. The number of ether oxygens (including phenoxy) is 2. The molecule has 0 spiro atoms. The Labute approximate surface area is 120 Å². The van der Waals surface area contributed by atoms with Gasteiger partial charge in [0.1, 0.15) is 11.8 Å². The molecule has 0 aliphatic rings. The highest BCUT2D eigenvalue weighted by Gasteiger charge is 2.19. The van der Waals surface area contributed by atoms with Crippen molar-refractivity contribution in [2.75, 3.05) is 26.9 Å². The summed E-state index contributed by atoms with van der Waals surface area (Å²) in [5.74, 6) is 0.678. The molecule has 0 aromatic heterocycles. The van der Waals surface area contributed by atoms with Crippen molar-refractivity contribution in [3.8, 4) is 11.8 Å². The molecular weight excluding hydrogens is 256 g/mol. The highest BCUT2D eigenvalue weighted by atomic mass is 16.5. The summed E-state index contributed by atoms with van der Waals surface area (Å²) in [6, 6.07) is 9.48. The lowest BCUT2D eigenvalue weighted by Gasteiger charge is -2.23. The fourth-order valence-corrected chi connectivity index (χ4v) is 1.75. The Bertz CT molecular complexity index is 441. The molecule has 0 saturated heterocycles. The van der Waals surface area contributed by atoms with Crippen molar-refractivity contribution in [3.05, 3.63) is 29.8 Å². The Kier molecular flexibility index (Phi) is 7.02. The van der Waals surface area contributed by atoms with E-state index in [0.717, 1.165) is 5.56 Å². The molecule has 0 bridgehead atoms. The van der Waals surface area contributed by atoms with Crippen molar-refractivity contribution in [2.45, 2.75) is 25.5 Å². The number of nitriles is 1. The van der Waals surface area contributed by atoms with E-state index in [1.54, 1.807) is 14.0 Å². The quantitative estimate of drug-likeness (QED) is 0.715. The van der Waals surface area contributed by atoms with Gasteiger partial charge in [-0.25, -0.2) is 0 Å². The highest BCUT2D eigenvalue weighted by molar-refractivity contribution is 5.28. The fraction of sp³-hybridized carbons (Fsp3) is 0.533. The average Bonchev–Trinajstić information content (AvgIpc) is 2.43. The predicted molar refractivity (Wildman–Crippen MR) is 76.4 cm³/mol. The van der Waals surface area contributed by atoms with Gasteiger partial charge in [0, 0.05) is 33.2 Å². The Morgan fingerprint density at radius 1 is 1.45 bits per heavy atom. The lowest BCUT2D eigenvalue weighted by molar-refractivity contribution is 0.0247. The molecule has 2 N–H and O–H groups in total. The summed E-state index contributed by atoms with van der Waals surface area (Å²) in [6.07, 6.45) is 0.585. The van der Waals surface area contributed by atoms with E-state index in [-0.39, 0.29) is 6.61 Å². The number of rotatable bonds is 9. The molecule has 0 aliphatic carbocycles. The maximum Gasteiger partial charge on any atom is 0.174 e. The van der Waals surface area contributed by atoms with Gasteiger partial charge in [0.05, 0.1) is 5.60 Å². The van der Waals surface area contributed by atoms with Crippen molar-refractivity contribution < 1.29 is 14.6 Å².